The van der Waals surface area contributed by atoms with Crippen molar-refractivity contribution in [1.29, 1.82) is 0 Å². The van der Waals surface area contributed by atoms with Crippen molar-refractivity contribution in [2.24, 2.45) is 0 Å². The lowest BCUT2D eigenvalue weighted by molar-refractivity contribution is -0.111. The number of nitrogens with one attached hydrogen (secondary N) is 2. The van der Waals surface area contributed by atoms with Gasteiger partial charge in [0.1, 0.15) is 6.61 Å². The zero-order chi connectivity index (χ0) is 24.2. The van der Waals surface area contributed by atoms with Crippen molar-refractivity contribution >= 4 is 23.6 Å². The molecule has 0 radical (unpaired) electrons. The molecule has 2 amide bonds. The average molecular weight is 464 g/mol. The van der Waals surface area contributed by atoms with Crippen LogP contribution in [-0.2, 0) is 9.53 Å². The highest BCUT2D eigenvalue weighted by molar-refractivity contribution is 6.07. The predicted molar refractivity (Wildman–Crippen MR) is 131 cm³/mol. The second-order valence-electron chi connectivity index (χ2n) is 7.48. The highest BCUT2D eigenvalue weighted by Crippen LogP contribution is 2.28. The van der Waals surface area contributed by atoms with Gasteiger partial charge in [-0.25, -0.2) is 0 Å². The number of hydrogen-bond acceptors (Lipinski definition) is 6. The van der Waals surface area contributed by atoms with Crippen LogP contribution in [0.3, 0.4) is 0 Å². The molecular weight excluding hydrogens is 434 g/mol. The normalized spacial score (nSPS) is 13.8. The van der Waals surface area contributed by atoms with E-state index in [9.17, 15) is 9.59 Å². The fourth-order valence-corrected chi connectivity index (χ4v) is 3.41. The maximum Gasteiger partial charge on any atom is 0.253 e. The SMILES string of the molecule is C#CCOc1ccc(C=CC(=O)Nc2ccccc2C(=O)NCCN2CCOCC2)cc1OC. The quantitative estimate of drug-likeness (QED) is 0.416. The van der Waals surface area contributed by atoms with Gasteiger partial charge in [-0.2, -0.15) is 0 Å². The van der Waals surface area contributed by atoms with Crippen molar-refractivity contribution in [3.8, 4) is 23.8 Å². The number of para-hydroxylation sites is 1. The fourth-order valence-electron chi connectivity index (χ4n) is 3.41. The Morgan fingerprint density at radius 3 is 2.74 bits per heavy atom. The van der Waals surface area contributed by atoms with Crippen molar-refractivity contribution in [3.63, 3.8) is 0 Å². The third-order valence-corrected chi connectivity index (χ3v) is 5.17. The van der Waals surface area contributed by atoms with Crippen LogP contribution in [0, 0.1) is 12.3 Å². The molecule has 3 rings (SSSR count). The molecule has 8 heteroatoms. The van der Waals surface area contributed by atoms with Gasteiger partial charge in [0.2, 0.25) is 5.91 Å². The smallest absolute Gasteiger partial charge is 0.253 e. The molecule has 0 unspecified atom stereocenters. The van der Waals surface area contributed by atoms with Crippen LogP contribution < -0.4 is 20.1 Å². The third kappa shape index (κ3) is 7.37. The number of benzene rings is 2. The first kappa shape index (κ1) is 24.8. The van der Waals surface area contributed by atoms with Gasteiger partial charge in [-0.05, 0) is 35.9 Å². The van der Waals surface area contributed by atoms with Crippen LogP contribution in [0.1, 0.15) is 15.9 Å². The van der Waals surface area contributed by atoms with Crippen LogP contribution in [0.5, 0.6) is 11.5 Å². The van der Waals surface area contributed by atoms with Crippen molar-refractivity contribution in [1.82, 2.24) is 10.2 Å². The first-order valence-electron chi connectivity index (χ1n) is 11.0. The van der Waals surface area contributed by atoms with Crippen molar-refractivity contribution in [3.05, 3.63) is 59.7 Å². The van der Waals surface area contributed by atoms with E-state index in [0.29, 0.717) is 42.5 Å². The maximum atomic E-state index is 12.7. The lowest BCUT2D eigenvalue weighted by Gasteiger charge is -2.26. The summed E-state index contributed by atoms with van der Waals surface area (Å²) in [5.41, 5.74) is 1.59. The number of amides is 2. The highest BCUT2D eigenvalue weighted by Gasteiger charge is 2.14. The fraction of sp³-hybridized carbons (Fsp3) is 0.308. The molecule has 2 aromatic rings. The van der Waals surface area contributed by atoms with Gasteiger partial charge in [0, 0.05) is 32.3 Å². The third-order valence-electron chi connectivity index (χ3n) is 5.17. The first-order chi connectivity index (χ1) is 16.6. The number of nitrogens with zero attached hydrogens (tertiary/aromatic N) is 1. The lowest BCUT2D eigenvalue weighted by atomic mass is 10.1. The van der Waals surface area contributed by atoms with E-state index in [4.69, 9.17) is 20.6 Å². The summed E-state index contributed by atoms with van der Waals surface area (Å²) in [6, 6.07) is 12.2. The molecule has 0 aliphatic carbocycles. The molecule has 34 heavy (non-hydrogen) atoms. The maximum absolute atomic E-state index is 12.7. The van der Waals surface area contributed by atoms with E-state index in [0.717, 1.165) is 25.2 Å². The number of carbonyl (C=O) groups is 2. The molecule has 0 saturated carbocycles. The summed E-state index contributed by atoms with van der Waals surface area (Å²) in [4.78, 5) is 27.4. The number of carbonyl (C=O) groups excluding carboxylic acids is 2. The number of hydrogen-bond donors (Lipinski definition) is 2. The van der Waals surface area contributed by atoms with Crippen LogP contribution in [0.4, 0.5) is 5.69 Å². The number of methoxy groups -OCH3 is 1. The van der Waals surface area contributed by atoms with Crippen LogP contribution in [0.25, 0.3) is 6.08 Å². The highest BCUT2D eigenvalue weighted by atomic mass is 16.5. The van der Waals surface area contributed by atoms with E-state index in [-0.39, 0.29) is 18.4 Å². The predicted octanol–water partition coefficient (Wildman–Crippen LogP) is 2.42. The molecule has 1 saturated heterocycles. The summed E-state index contributed by atoms with van der Waals surface area (Å²) in [7, 11) is 1.53. The Balaban J connectivity index is 1.58. The standard InChI is InChI=1S/C26H29N3O5/c1-3-16-34-23-10-8-20(19-24(23)32-2)9-11-25(30)28-22-7-5-4-6-21(22)26(31)27-12-13-29-14-17-33-18-15-29/h1,4-11,19H,12-18H2,2H3,(H,27,31)(H,28,30). The summed E-state index contributed by atoms with van der Waals surface area (Å²) in [6.45, 7) is 4.56. The lowest BCUT2D eigenvalue weighted by Crippen LogP contribution is -2.41. The van der Waals surface area contributed by atoms with E-state index in [1.807, 2.05) is 0 Å². The summed E-state index contributed by atoms with van der Waals surface area (Å²) < 4.78 is 16.1. The van der Waals surface area contributed by atoms with Crippen LogP contribution in [-0.4, -0.2) is 69.8 Å². The Morgan fingerprint density at radius 1 is 1.18 bits per heavy atom. The molecule has 0 spiro atoms. The molecule has 0 bridgehead atoms. The van der Waals surface area contributed by atoms with Gasteiger partial charge in [0.25, 0.3) is 5.91 Å². The molecular formula is C26H29N3O5. The van der Waals surface area contributed by atoms with Crippen molar-refractivity contribution in [2.45, 2.75) is 0 Å². The molecule has 2 aromatic carbocycles. The van der Waals surface area contributed by atoms with Gasteiger partial charge in [0.15, 0.2) is 11.5 Å². The second-order valence-corrected chi connectivity index (χ2v) is 7.48. The Kier molecular flexibility index (Phi) is 9.52. The summed E-state index contributed by atoms with van der Waals surface area (Å²) in [6.07, 6.45) is 8.26. The minimum Gasteiger partial charge on any atom is -0.493 e. The largest absolute Gasteiger partial charge is 0.493 e. The topological polar surface area (TPSA) is 89.1 Å². The number of terminal acetylenes is 1. The van der Waals surface area contributed by atoms with E-state index in [1.165, 1.54) is 13.2 Å². The van der Waals surface area contributed by atoms with Crippen LogP contribution in [0.15, 0.2) is 48.5 Å². The summed E-state index contributed by atoms with van der Waals surface area (Å²) in [5.74, 6) is 2.84. The average Bonchev–Trinajstić information content (AvgIpc) is 2.87. The van der Waals surface area contributed by atoms with E-state index in [2.05, 4.69) is 21.5 Å². The zero-order valence-electron chi connectivity index (χ0n) is 19.2. The Morgan fingerprint density at radius 2 is 1.97 bits per heavy atom. The number of anilines is 1. The summed E-state index contributed by atoms with van der Waals surface area (Å²) >= 11 is 0. The van der Waals surface area contributed by atoms with Crippen LogP contribution in [0.2, 0.25) is 0 Å². The minimum atomic E-state index is -0.361. The number of morpholine rings is 1. The Bertz CT molecular complexity index is 1050. The van der Waals surface area contributed by atoms with Gasteiger partial charge < -0.3 is 24.8 Å². The second kappa shape index (κ2) is 13.0. The van der Waals surface area contributed by atoms with E-state index >= 15 is 0 Å². The Labute approximate surface area is 199 Å². The first-order valence-corrected chi connectivity index (χ1v) is 11.0. The van der Waals surface area contributed by atoms with Gasteiger partial charge in [-0.15, -0.1) is 6.42 Å². The van der Waals surface area contributed by atoms with Gasteiger partial charge in [-0.1, -0.05) is 24.1 Å². The van der Waals surface area contributed by atoms with Crippen molar-refractivity contribution in [2.75, 3.05) is 58.4 Å². The van der Waals surface area contributed by atoms with E-state index in [1.54, 1.807) is 48.5 Å². The molecule has 0 atom stereocenters. The molecule has 178 valence electrons. The van der Waals surface area contributed by atoms with Crippen molar-refractivity contribution < 1.29 is 23.8 Å². The molecule has 1 heterocycles. The number of rotatable bonds is 10. The Hall–Kier alpha value is -3.80. The molecule has 0 aromatic heterocycles. The molecule has 1 aliphatic rings. The summed E-state index contributed by atoms with van der Waals surface area (Å²) in [5, 5.41) is 5.70. The molecule has 8 nitrogen and oxygen atoms in total. The molecule has 1 fully saturated rings. The van der Waals surface area contributed by atoms with Gasteiger partial charge >= 0.3 is 0 Å². The minimum absolute atomic E-state index is 0.133. The number of ether oxygens (including phenoxy) is 3. The monoisotopic (exact) mass is 463 g/mol. The molecule has 2 N–H and O–H groups in total. The van der Waals surface area contributed by atoms with Gasteiger partial charge in [0.05, 0.1) is 31.6 Å². The van der Waals surface area contributed by atoms with E-state index < -0.39 is 0 Å². The van der Waals surface area contributed by atoms with Crippen LogP contribution >= 0.6 is 0 Å². The van der Waals surface area contributed by atoms with Gasteiger partial charge in [-0.3, -0.25) is 14.5 Å². The molecule has 1 aliphatic heterocycles. The zero-order valence-corrected chi connectivity index (χ0v) is 19.2.